The van der Waals surface area contributed by atoms with Gasteiger partial charge in [-0.2, -0.15) is 0 Å². The quantitative estimate of drug-likeness (QED) is 0.159. The molecule has 0 radical (unpaired) electrons. The van der Waals surface area contributed by atoms with Crippen molar-refractivity contribution in [2.24, 2.45) is 0 Å². The summed E-state index contributed by atoms with van der Waals surface area (Å²) in [7, 11) is -4.37. The number of rotatable bonds is 9. The molecule has 1 aliphatic carbocycles. The molecule has 0 spiro atoms. The maximum absolute atomic E-state index is 14.1. The van der Waals surface area contributed by atoms with Gasteiger partial charge in [0.05, 0.1) is 16.6 Å². The summed E-state index contributed by atoms with van der Waals surface area (Å²) in [5.74, 6) is 0. The van der Waals surface area contributed by atoms with Crippen LogP contribution in [0.2, 0.25) is 5.02 Å². The minimum atomic E-state index is -4.37. The molecular formula is C37H34BrClN2O6S. The van der Waals surface area contributed by atoms with Crippen molar-refractivity contribution in [2.75, 3.05) is 11.4 Å². The number of nitrogens with zero attached hydrogens (tertiary/aromatic N) is 2. The Balaban J connectivity index is 1.35. The van der Waals surface area contributed by atoms with Crippen LogP contribution >= 0.6 is 27.5 Å². The number of carbonyl (C=O) groups is 2. The first-order chi connectivity index (χ1) is 23.1. The number of anilines is 1. The van der Waals surface area contributed by atoms with Gasteiger partial charge in [0.2, 0.25) is 0 Å². The van der Waals surface area contributed by atoms with Crippen LogP contribution in [-0.4, -0.2) is 37.5 Å². The Morgan fingerprint density at radius 3 is 2.19 bits per heavy atom. The van der Waals surface area contributed by atoms with E-state index in [9.17, 15) is 18.0 Å². The van der Waals surface area contributed by atoms with Gasteiger partial charge in [-0.05, 0) is 84.8 Å². The molecule has 4 aromatic rings. The lowest BCUT2D eigenvalue weighted by atomic mass is 9.63. The number of halogens is 2. The normalized spacial score (nSPS) is 18.5. The number of hydrogen-bond acceptors (Lipinski definition) is 6. The van der Waals surface area contributed by atoms with Crippen molar-refractivity contribution in [1.82, 2.24) is 4.31 Å². The summed E-state index contributed by atoms with van der Waals surface area (Å²) in [6, 6.07) is 29.4. The van der Waals surface area contributed by atoms with Crippen LogP contribution in [0.15, 0.2) is 125 Å². The van der Waals surface area contributed by atoms with Crippen LogP contribution < -0.4 is 4.90 Å². The van der Waals surface area contributed by atoms with Gasteiger partial charge in [0.25, 0.3) is 10.0 Å². The van der Waals surface area contributed by atoms with Crippen molar-refractivity contribution in [3.05, 3.63) is 141 Å². The number of carbonyl (C=O) groups excluding carboxylic acids is 2. The van der Waals surface area contributed by atoms with Crippen LogP contribution in [0.4, 0.5) is 15.3 Å². The first-order valence-corrected chi connectivity index (χ1v) is 18.2. The molecule has 6 rings (SSSR count). The van der Waals surface area contributed by atoms with Gasteiger partial charge in [-0.25, -0.2) is 22.3 Å². The van der Waals surface area contributed by atoms with Gasteiger partial charge in [0.15, 0.2) is 0 Å². The Labute approximate surface area is 294 Å². The van der Waals surface area contributed by atoms with E-state index in [0.717, 1.165) is 31.9 Å². The Morgan fingerprint density at radius 2 is 1.54 bits per heavy atom. The molecule has 1 saturated carbocycles. The SMILES string of the molecule is C=C1CCCC2N(C(=O)OCc3ccccc3)c3ccc(Br)cc3C12CCN(C(=O)OCc1ccccc1)S(=O)(=O)c1ccc(Cl)cc1. The molecule has 2 aliphatic rings. The molecule has 248 valence electrons. The summed E-state index contributed by atoms with van der Waals surface area (Å²) < 4.78 is 41.2. The van der Waals surface area contributed by atoms with Crippen molar-refractivity contribution < 1.29 is 27.5 Å². The molecule has 11 heteroatoms. The summed E-state index contributed by atoms with van der Waals surface area (Å²) in [5.41, 5.74) is 3.06. The summed E-state index contributed by atoms with van der Waals surface area (Å²) in [6.45, 7) is 4.24. The van der Waals surface area contributed by atoms with Crippen molar-refractivity contribution in [1.29, 1.82) is 0 Å². The molecule has 0 bridgehead atoms. The smallest absolute Gasteiger partial charge is 0.424 e. The summed E-state index contributed by atoms with van der Waals surface area (Å²) in [4.78, 5) is 29.2. The van der Waals surface area contributed by atoms with E-state index in [-0.39, 0.29) is 31.1 Å². The van der Waals surface area contributed by atoms with E-state index in [4.69, 9.17) is 21.1 Å². The molecular weight excluding hydrogens is 716 g/mol. The maximum atomic E-state index is 14.1. The van der Waals surface area contributed by atoms with E-state index in [2.05, 4.69) is 22.5 Å². The van der Waals surface area contributed by atoms with E-state index in [1.807, 2.05) is 66.7 Å². The minimum Gasteiger partial charge on any atom is -0.444 e. The Morgan fingerprint density at radius 1 is 0.917 bits per heavy atom. The zero-order valence-electron chi connectivity index (χ0n) is 26.1. The van der Waals surface area contributed by atoms with E-state index >= 15 is 0 Å². The number of sulfonamides is 1. The minimum absolute atomic E-state index is 0.0965. The van der Waals surface area contributed by atoms with Crippen LogP contribution in [0.3, 0.4) is 0 Å². The molecule has 2 unspecified atom stereocenters. The number of benzene rings is 4. The predicted molar refractivity (Wildman–Crippen MR) is 188 cm³/mol. The highest BCUT2D eigenvalue weighted by molar-refractivity contribution is 9.10. The largest absolute Gasteiger partial charge is 0.444 e. The Hall–Kier alpha value is -4.12. The molecule has 1 fully saturated rings. The zero-order chi connectivity index (χ0) is 33.9. The first kappa shape index (κ1) is 33.8. The second kappa shape index (κ2) is 14.2. The number of hydrogen-bond donors (Lipinski definition) is 0. The Kier molecular flexibility index (Phi) is 9.96. The van der Waals surface area contributed by atoms with Crippen LogP contribution in [0.5, 0.6) is 0 Å². The van der Waals surface area contributed by atoms with Crippen molar-refractivity contribution in [3.8, 4) is 0 Å². The summed E-state index contributed by atoms with van der Waals surface area (Å²) >= 11 is 9.66. The number of fused-ring (bicyclic) bond motifs is 3. The molecule has 0 N–H and O–H groups in total. The molecule has 0 aromatic heterocycles. The average molecular weight is 750 g/mol. The standard InChI is InChI=1S/C37H34BrClN2O6S/c1-26-9-8-14-34-37(26,32-23-29(38)15-20-33(32)41(34)36(43)47-25-28-12-6-3-7-13-28)21-22-40(35(42)46-24-27-10-4-2-5-11-27)48(44,45)31-18-16-30(39)17-19-31/h2-7,10-13,15-20,23,34H,1,8-9,14,21-22,24-25H2. The van der Waals surface area contributed by atoms with E-state index in [1.165, 1.54) is 24.3 Å². The third kappa shape index (κ3) is 6.61. The van der Waals surface area contributed by atoms with E-state index in [1.54, 1.807) is 17.0 Å². The molecule has 2 atom stereocenters. The number of amides is 2. The van der Waals surface area contributed by atoms with Gasteiger partial charge in [-0.15, -0.1) is 0 Å². The van der Waals surface area contributed by atoms with Gasteiger partial charge >= 0.3 is 12.2 Å². The topological polar surface area (TPSA) is 93.2 Å². The summed E-state index contributed by atoms with van der Waals surface area (Å²) in [6.07, 6.45) is 0.753. The molecule has 1 heterocycles. The van der Waals surface area contributed by atoms with Crippen molar-refractivity contribution in [2.45, 2.75) is 55.2 Å². The average Bonchev–Trinajstić information content (AvgIpc) is 3.38. The fourth-order valence-electron chi connectivity index (χ4n) is 6.78. The van der Waals surface area contributed by atoms with Crippen LogP contribution in [-0.2, 0) is 38.1 Å². The molecule has 4 aromatic carbocycles. The highest BCUT2D eigenvalue weighted by Gasteiger charge is 2.56. The zero-order valence-corrected chi connectivity index (χ0v) is 29.2. The van der Waals surface area contributed by atoms with Crippen LogP contribution in [0.25, 0.3) is 0 Å². The third-order valence-corrected chi connectivity index (χ3v) is 11.6. The maximum Gasteiger partial charge on any atom is 0.424 e. The van der Waals surface area contributed by atoms with Gasteiger partial charge in [-0.1, -0.05) is 100 Å². The van der Waals surface area contributed by atoms with E-state index in [0.29, 0.717) is 29.1 Å². The molecule has 0 saturated heterocycles. The highest BCUT2D eigenvalue weighted by Crippen LogP contribution is 2.57. The summed E-state index contributed by atoms with van der Waals surface area (Å²) in [5, 5.41) is 0.361. The molecule has 2 amide bonds. The fraction of sp³-hybridized carbons (Fsp3) is 0.243. The fourth-order valence-corrected chi connectivity index (χ4v) is 8.58. The molecule has 8 nitrogen and oxygen atoms in total. The lowest BCUT2D eigenvalue weighted by molar-refractivity contribution is 0.116. The van der Waals surface area contributed by atoms with E-state index < -0.39 is 33.7 Å². The van der Waals surface area contributed by atoms with Crippen LogP contribution in [0, 0.1) is 0 Å². The van der Waals surface area contributed by atoms with Gasteiger partial charge in [0, 0.05) is 21.5 Å². The number of ether oxygens (including phenoxy) is 2. The molecule has 1 aliphatic heterocycles. The van der Waals surface area contributed by atoms with Crippen molar-refractivity contribution in [3.63, 3.8) is 0 Å². The van der Waals surface area contributed by atoms with Gasteiger partial charge in [-0.3, -0.25) is 4.90 Å². The van der Waals surface area contributed by atoms with Gasteiger partial charge < -0.3 is 9.47 Å². The molecule has 48 heavy (non-hydrogen) atoms. The third-order valence-electron chi connectivity index (χ3n) is 9.09. The second-order valence-electron chi connectivity index (χ2n) is 11.9. The first-order valence-electron chi connectivity index (χ1n) is 15.6. The second-order valence-corrected chi connectivity index (χ2v) is 15.1. The lowest BCUT2D eigenvalue weighted by Crippen LogP contribution is -2.52. The lowest BCUT2D eigenvalue weighted by Gasteiger charge is -2.44. The monoisotopic (exact) mass is 748 g/mol. The Bertz CT molecular complexity index is 1920. The van der Waals surface area contributed by atoms with Crippen molar-refractivity contribution >= 4 is 55.4 Å². The van der Waals surface area contributed by atoms with Crippen LogP contribution in [0.1, 0.15) is 42.4 Å². The predicted octanol–water partition coefficient (Wildman–Crippen LogP) is 9.02. The van der Waals surface area contributed by atoms with Gasteiger partial charge in [0.1, 0.15) is 13.2 Å². The highest BCUT2D eigenvalue weighted by atomic mass is 79.9.